The number of fused-ring (bicyclic) bond motifs is 1. The molecule has 0 bridgehead atoms. The van der Waals surface area contributed by atoms with Gasteiger partial charge in [0, 0.05) is 6.54 Å². The number of thiocarbonyl (C=S) groups is 1. The van der Waals surface area contributed by atoms with Crippen LogP contribution < -0.4 is 9.64 Å². The second-order valence-corrected chi connectivity index (χ2v) is 9.36. The topological polar surface area (TPSA) is 36.0 Å². The maximum Gasteiger partial charge on any atom is 0.271 e. The van der Waals surface area contributed by atoms with Gasteiger partial charge in [-0.05, 0) is 55.5 Å². The van der Waals surface area contributed by atoms with Crippen molar-refractivity contribution in [3.8, 4) is 5.75 Å². The van der Waals surface area contributed by atoms with Gasteiger partial charge in [-0.2, -0.15) is 0 Å². The number of hydrogen-bond acceptors (Lipinski definition) is 6. The van der Waals surface area contributed by atoms with E-state index < -0.39 is 0 Å². The van der Waals surface area contributed by atoms with Gasteiger partial charge in [-0.25, -0.2) is 0 Å². The lowest BCUT2D eigenvalue weighted by molar-refractivity contribution is -0.122. The molecule has 0 spiro atoms. The monoisotopic (exact) mass is 483 g/mol. The number of amides is 1. The number of carbonyl (C=O) groups is 1. The molecule has 2 heterocycles. The van der Waals surface area contributed by atoms with Crippen LogP contribution in [-0.4, -0.2) is 46.2 Å². The summed E-state index contributed by atoms with van der Waals surface area (Å²) in [6, 6.07) is 17.7. The summed E-state index contributed by atoms with van der Waals surface area (Å²) in [4.78, 5) is 19.7. The van der Waals surface area contributed by atoms with Crippen LogP contribution >= 0.6 is 24.0 Å². The Morgan fingerprint density at radius 3 is 2.15 bits per heavy atom. The van der Waals surface area contributed by atoms with E-state index in [9.17, 15) is 4.79 Å². The van der Waals surface area contributed by atoms with Crippen LogP contribution in [0.15, 0.2) is 65.4 Å². The van der Waals surface area contributed by atoms with Crippen molar-refractivity contribution in [3.05, 3.63) is 70.9 Å². The van der Waals surface area contributed by atoms with Crippen LogP contribution in [0.4, 0.5) is 5.69 Å². The SMILES string of the molecule is CCCN1C(=C2SC(=S)N(Cc3ccccc3)C2=O)Oc2ccccc21.CCN(CC)CC. The first kappa shape index (κ1) is 25.3. The van der Waals surface area contributed by atoms with E-state index in [-0.39, 0.29) is 5.91 Å². The van der Waals surface area contributed by atoms with Crippen LogP contribution in [-0.2, 0) is 11.3 Å². The minimum atomic E-state index is -0.0900. The van der Waals surface area contributed by atoms with Gasteiger partial charge in [-0.3, -0.25) is 9.69 Å². The fraction of sp³-hybridized carbons (Fsp3) is 0.385. The molecule has 4 rings (SSSR count). The van der Waals surface area contributed by atoms with Gasteiger partial charge < -0.3 is 14.5 Å². The van der Waals surface area contributed by atoms with Crippen molar-refractivity contribution in [2.24, 2.45) is 0 Å². The summed E-state index contributed by atoms with van der Waals surface area (Å²) in [5.74, 6) is 1.29. The van der Waals surface area contributed by atoms with Gasteiger partial charge in [-0.15, -0.1) is 0 Å². The van der Waals surface area contributed by atoms with Crippen LogP contribution in [0.1, 0.15) is 39.7 Å². The van der Waals surface area contributed by atoms with E-state index >= 15 is 0 Å². The van der Waals surface area contributed by atoms with Crippen molar-refractivity contribution in [3.63, 3.8) is 0 Å². The van der Waals surface area contributed by atoms with Gasteiger partial charge in [0.15, 0.2) is 5.75 Å². The number of rotatable bonds is 7. The smallest absolute Gasteiger partial charge is 0.271 e. The Labute approximate surface area is 207 Å². The average Bonchev–Trinajstić information content (AvgIpc) is 3.34. The van der Waals surface area contributed by atoms with Gasteiger partial charge in [0.1, 0.15) is 9.23 Å². The number of ether oxygens (including phenoxy) is 1. The minimum absolute atomic E-state index is 0.0900. The average molecular weight is 484 g/mol. The third-order valence-electron chi connectivity index (χ3n) is 5.62. The molecule has 0 atom stereocenters. The van der Waals surface area contributed by atoms with E-state index in [4.69, 9.17) is 17.0 Å². The zero-order valence-corrected chi connectivity index (χ0v) is 21.5. The molecule has 2 aliphatic heterocycles. The lowest BCUT2D eigenvalue weighted by Crippen LogP contribution is -2.29. The minimum Gasteiger partial charge on any atom is -0.437 e. The fourth-order valence-corrected chi connectivity index (χ4v) is 5.02. The molecule has 1 fully saturated rings. The number of anilines is 1. The van der Waals surface area contributed by atoms with Gasteiger partial charge in [0.2, 0.25) is 5.88 Å². The summed E-state index contributed by atoms with van der Waals surface area (Å²) in [7, 11) is 0. The highest BCUT2D eigenvalue weighted by Crippen LogP contribution is 2.44. The summed E-state index contributed by atoms with van der Waals surface area (Å²) in [6.07, 6.45) is 0.950. The molecule has 0 radical (unpaired) electrons. The first-order valence-corrected chi connectivity index (χ1v) is 12.8. The molecule has 1 amide bonds. The number of nitrogens with zero attached hydrogens (tertiary/aromatic N) is 3. The zero-order valence-electron chi connectivity index (χ0n) is 19.9. The van der Waals surface area contributed by atoms with Gasteiger partial charge in [0.05, 0.1) is 12.2 Å². The second-order valence-electron chi connectivity index (χ2n) is 7.72. The third-order valence-corrected chi connectivity index (χ3v) is 7.04. The lowest BCUT2D eigenvalue weighted by atomic mass is 10.2. The first-order valence-electron chi connectivity index (χ1n) is 11.6. The maximum atomic E-state index is 13.1. The van der Waals surface area contributed by atoms with E-state index in [1.54, 1.807) is 4.90 Å². The van der Waals surface area contributed by atoms with Crippen molar-refractivity contribution in [2.45, 2.75) is 40.7 Å². The van der Waals surface area contributed by atoms with E-state index in [1.165, 1.54) is 31.4 Å². The molecule has 176 valence electrons. The normalized spacial score (nSPS) is 17.2. The molecule has 33 heavy (non-hydrogen) atoms. The van der Waals surface area contributed by atoms with Crippen LogP contribution in [0.25, 0.3) is 0 Å². The van der Waals surface area contributed by atoms with Crippen molar-refractivity contribution < 1.29 is 9.53 Å². The predicted octanol–water partition coefficient (Wildman–Crippen LogP) is 5.87. The standard InChI is InChI=1S/C20H18N2O2S2.C6H15N/c1-2-12-21-15-10-6-7-11-16(15)24-19(21)17-18(23)22(20(25)26-17)13-14-8-4-3-5-9-14;1-4-7(5-2)6-3/h3-11H,2,12-13H2,1H3;4-6H2,1-3H3. The Morgan fingerprint density at radius 2 is 1.55 bits per heavy atom. The molecular formula is C26H33N3O2S2. The third kappa shape index (κ3) is 5.96. The Kier molecular flexibility index (Phi) is 9.35. The first-order chi connectivity index (χ1) is 16.0. The molecule has 0 unspecified atom stereocenters. The van der Waals surface area contributed by atoms with Gasteiger partial charge in [-0.1, -0.05) is 82.4 Å². The van der Waals surface area contributed by atoms with Crippen LogP contribution in [0.2, 0.25) is 0 Å². The summed E-state index contributed by atoms with van der Waals surface area (Å²) >= 11 is 6.80. The molecule has 7 heteroatoms. The van der Waals surface area contributed by atoms with E-state index in [0.717, 1.165) is 30.0 Å². The molecule has 2 aromatic rings. The number of hydrogen-bond donors (Lipinski definition) is 0. The summed E-state index contributed by atoms with van der Waals surface area (Å²) < 4.78 is 6.62. The quantitative estimate of drug-likeness (QED) is 0.362. The highest BCUT2D eigenvalue weighted by molar-refractivity contribution is 8.26. The van der Waals surface area contributed by atoms with Gasteiger partial charge in [0.25, 0.3) is 5.91 Å². The number of para-hydroxylation sites is 2. The van der Waals surface area contributed by atoms with Crippen LogP contribution in [0.3, 0.4) is 0 Å². The van der Waals surface area contributed by atoms with Crippen LogP contribution in [0, 0.1) is 0 Å². The lowest BCUT2D eigenvalue weighted by Gasteiger charge is -2.18. The predicted molar refractivity (Wildman–Crippen MR) is 142 cm³/mol. The number of benzene rings is 2. The van der Waals surface area contributed by atoms with E-state index in [1.807, 2.05) is 54.6 Å². The maximum absolute atomic E-state index is 13.1. The molecular weight excluding hydrogens is 450 g/mol. The van der Waals surface area contributed by atoms with Crippen molar-refractivity contribution in [2.75, 3.05) is 31.1 Å². The summed E-state index contributed by atoms with van der Waals surface area (Å²) in [5.41, 5.74) is 2.05. The zero-order chi connectivity index (χ0) is 23.8. The second kappa shape index (κ2) is 12.2. The summed E-state index contributed by atoms with van der Waals surface area (Å²) in [6.45, 7) is 13.5. The van der Waals surface area contributed by atoms with Crippen LogP contribution in [0.5, 0.6) is 5.75 Å². The Hall–Kier alpha value is -2.35. The molecule has 5 nitrogen and oxygen atoms in total. The summed E-state index contributed by atoms with van der Waals surface area (Å²) in [5, 5.41) is 0. The number of thioether (sulfide) groups is 1. The molecule has 0 aliphatic carbocycles. The number of carbonyl (C=O) groups excluding carboxylic acids is 1. The largest absolute Gasteiger partial charge is 0.437 e. The molecule has 2 aliphatic rings. The fourth-order valence-electron chi connectivity index (χ4n) is 3.75. The van der Waals surface area contributed by atoms with E-state index in [2.05, 4.69) is 37.5 Å². The van der Waals surface area contributed by atoms with Crippen molar-refractivity contribution in [1.29, 1.82) is 0 Å². The van der Waals surface area contributed by atoms with Gasteiger partial charge >= 0.3 is 0 Å². The highest BCUT2D eigenvalue weighted by atomic mass is 32.2. The van der Waals surface area contributed by atoms with Crippen molar-refractivity contribution in [1.82, 2.24) is 9.80 Å². The molecule has 2 aromatic carbocycles. The molecule has 1 saturated heterocycles. The Morgan fingerprint density at radius 1 is 0.909 bits per heavy atom. The highest BCUT2D eigenvalue weighted by Gasteiger charge is 2.39. The molecule has 0 saturated carbocycles. The molecule has 0 N–H and O–H groups in total. The van der Waals surface area contributed by atoms with E-state index in [0.29, 0.717) is 21.7 Å². The Balaban J connectivity index is 0.000000383. The molecule has 0 aromatic heterocycles. The van der Waals surface area contributed by atoms with Crippen molar-refractivity contribution >= 4 is 39.9 Å². The Bertz CT molecular complexity index is 985.